The molecule has 0 rings (SSSR count). The Morgan fingerprint density at radius 3 is 2.57 bits per heavy atom. The third-order valence-corrected chi connectivity index (χ3v) is 0.466. The van der Waals surface area contributed by atoms with E-state index in [4.69, 9.17) is 10.5 Å². The monoisotopic (exact) mass is 101 g/mol. The third-order valence-electron chi connectivity index (χ3n) is 0.466. The van der Waals surface area contributed by atoms with Crippen molar-refractivity contribution >= 4 is 0 Å². The van der Waals surface area contributed by atoms with Crippen LogP contribution in [0.25, 0.3) is 0 Å². The fraction of sp³-hybridized carbons (Fsp3) is 0.600. The van der Waals surface area contributed by atoms with E-state index in [1.807, 2.05) is 0 Å². The van der Waals surface area contributed by atoms with Crippen LogP contribution in [0.4, 0.5) is 0 Å². The first kappa shape index (κ1) is 6.50. The van der Waals surface area contributed by atoms with Gasteiger partial charge in [-0.05, 0) is 6.92 Å². The minimum absolute atomic E-state index is 0.562. The molecule has 0 saturated carbocycles. The van der Waals surface area contributed by atoms with E-state index in [-0.39, 0.29) is 0 Å². The first-order valence-electron chi connectivity index (χ1n) is 2.25. The molecule has 0 heterocycles. The molecule has 0 radical (unpaired) electrons. The second-order valence-electron chi connectivity index (χ2n) is 1.34. The predicted molar refractivity (Wildman–Crippen MR) is 29.8 cm³/mol. The highest BCUT2D eigenvalue weighted by molar-refractivity contribution is 4.73. The van der Waals surface area contributed by atoms with Crippen molar-refractivity contribution < 1.29 is 4.74 Å². The summed E-state index contributed by atoms with van der Waals surface area (Å²) in [5, 5.41) is 0. The van der Waals surface area contributed by atoms with Gasteiger partial charge in [-0.15, -0.1) is 0 Å². The lowest BCUT2D eigenvalue weighted by Gasteiger charge is -1.99. The van der Waals surface area contributed by atoms with Crippen LogP contribution in [0.15, 0.2) is 12.3 Å². The number of nitrogens with two attached hydrogens (primary N) is 1. The summed E-state index contributed by atoms with van der Waals surface area (Å²) in [4.78, 5) is 0. The predicted octanol–water partition coefficient (Wildman–Crippen LogP) is 0.495. The Labute approximate surface area is 44.0 Å². The van der Waals surface area contributed by atoms with E-state index in [1.54, 1.807) is 6.92 Å². The Morgan fingerprint density at radius 2 is 2.43 bits per heavy atom. The number of hydrogen-bond acceptors (Lipinski definition) is 2. The second-order valence-corrected chi connectivity index (χ2v) is 1.34. The van der Waals surface area contributed by atoms with Crippen molar-refractivity contribution in [2.75, 3.05) is 13.2 Å². The van der Waals surface area contributed by atoms with E-state index in [9.17, 15) is 0 Å². The molecular weight excluding hydrogens is 90.1 g/mol. The largest absolute Gasteiger partial charge is 0.498 e. The molecule has 2 N–H and O–H groups in total. The lowest BCUT2D eigenvalue weighted by molar-refractivity contribution is 0.225. The van der Waals surface area contributed by atoms with Crippen LogP contribution in [0.5, 0.6) is 0 Å². The Balaban J connectivity index is 2.82. The van der Waals surface area contributed by atoms with Crippen molar-refractivity contribution in [2.45, 2.75) is 6.92 Å². The summed E-state index contributed by atoms with van der Waals surface area (Å²) in [6.07, 6.45) is 0. The van der Waals surface area contributed by atoms with Gasteiger partial charge in [0.2, 0.25) is 0 Å². The number of rotatable bonds is 3. The molecule has 0 aliphatic carbocycles. The lowest BCUT2D eigenvalue weighted by atomic mass is 10.6. The average molecular weight is 101 g/mol. The van der Waals surface area contributed by atoms with Crippen molar-refractivity contribution in [1.29, 1.82) is 0 Å². The molecular formula is C5H11NO. The van der Waals surface area contributed by atoms with Crippen LogP contribution < -0.4 is 5.73 Å². The maximum absolute atomic E-state index is 5.11. The van der Waals surface area contributed by atoms with Crippen molar-refractivity contribution in [2.24, 2.45) is 5.73 Å². The van der Waals surface area contributed by atoms with Gasteiger partial charge in [0.1, 0.15) is 0 Å². The van der Waals surface area contributed by atoms with E-state index in [1.165, 1.54) is 0 Å². The quantitative estimate of drug-likeness (QED) is 0.525. The summed E-state index contributed by atoms with van der Waals surface area (Å²) in [5.41, 5.74) is 5.11. The molecule has 0 aromatic rings. The molecule has 0 fully saturated rings. The number of hydrogen-bond donors (Lipinski definition) is 1. The van der Waals surface area contributed by atoms with E-state index < -0.39 is 0 Å². The van der Waals surface area contributed by atoms with Gasteiger partial charge < -0.3 is 10.5 Å². The van der Waals surface area contributed by atoms with Gasteiger partial charge in [0.15, 0.2) is 0 Å². The van der Waals surface area contributed by atoms with Crippen LogP contribution >= 0.6 is 0 Å². The molecule has 0 aliphatic rings. The summed E-state index contributed by atoms with van der Waals surface area (Å²) < 4.78 is 4.87. The minimum Gasteiger partial charge on any atom is -0.498 e. The van der Waals surface area contributed by atoms with Gasteiger partial charge in [-0.25, -0.2) is 0 Å². The van der Waals surface area contributed by atoms with Crippen LogP contribution in [-0.2, 0) is 4.74 Å². The summed E-state index contributed by atoms with van der Waals surface area (Å²) in [7, 11) is 0. The summed E-state index contributed by atoms with van der Waals surface area (Å²) >= 11 is 0. The van der Waals surface area contributed by atoms with Crippen LogP contribution in [-0.4, -0.2) is 13.2 Å². The summed E-state index contributed by atoms with van der Waals surface area (Å²) in [6.45, 7) is 6.46. The average Bonchev–Trinajstić information content (AvgIpc) is 1.61. The highest BCUT2D eigenvalue weighted by Gasteiger charge is 1.78. The molecule has 0 amide bonds. The molecule has 0 spiro atoms. The molecule has 0 atom stereocenters. The van der Waals surface area contributed by atoms with Crippen molar-refractivity contribution in [3.8, 4) is 0 Å². The van der Waals surface area contributed by atoms with E-state index in [0.29, 0.717) is 13.2 Å². The zero-order chi connectivity index (χ0) is 5.70. The highest BCUT2D eigenvalue weighted by atomic mass is 16.5. The van der Waals surface area contributed by atoms with Gasteiger partial charge in [0.25, 0.3) is 0 Å². The van der Waals surface area contributed by atoms with Gasteiger partial charge in [-0.1, -0.05) is 6.58 Å². The van der Waals surface area contributed by atoms with Crippen LogP contribution in [0.3, 0.4) is 0 Å². The SMILES string of the molecule is C=C(C)OCCN. The Morgan fingerprint density at radius 1 is 1.86 bits per heavy atom. The fourth-order valence-electron chi connectivity index (χ4n) is 0.233. The summed E-state index contributed by atoms with van der Waals surface area (Å²) in [5.74, 6) is 0.727. The molecule has 7 heavy (non-hydrogen) atoms. The Hall–Kier alpha value is -0.500. The Bertz CT molecular complexity index is 61.1. The van der Waals surface area contributed by atoms with Gasteiger partial charge in [-0.2, -0.15) is 0 Å². The molecule has 2 nitrogen and oxygen atoms in total. The topological polar surface area (TPSA) is 35.2 Å². The van der Waals surface area contributed by atoms with Crippen molar-refractivity contribution in [1.82, 2.24) is 0 Å². The molecule has 0 aromatic carbocycles. The van der Waals surface area contributed by atoms with E-state index in [2.05, 4.69) is 6.58 Å². The first-order valence-corrected chi connectivity index (χ1v) is 2.25. The summed E-state index contributed by atoms with van der Waals surface area (Å²) in [6, 6.07) is 0. The maximum Gasteiger partial charge on any atom is 0.0999 e. The number of ether oxygens (including phenoxy) is 1. The minimum atomic E-state index is 0.562. The lowest BCUT2D eigenvalue weighted by Crippen LogP contribution is -2.06. The zero-order valence-corrected chi connectivity index (χ0v) is 4.61. The standard InChI is InChI=1S/C5H11NO/c1-5(2)7-4-3-6/h1,3-4,6H2,2H3. The second kappa shape index (κ2) is 3.68. The fourth-order valence-corrected chi connectivity index (χ4v) is 0.233. The van der Waals surface area contributed by atoms with Gasteiger partial charge in [0, 0.05) is 6.54 Å². The highest BCUT2D eigenvalue weighted by Crippen LogP contribution is 1.85. The molecule has 0 aromatic heterocycles. The zero-order valence-electron chi connectivity index (χ0n) is 4.61. The van der Waals surface area contributed by atoms with Crippen molar-refractivity contribution in [3.05, 3.63) is 12.3 Å². The molecule has 0 unspecified atom stereocenters. The molecule has 0 bridgehead atoms. The van der Waals surface area contributed by atoms with Gasteiger partial charge >= 0.3 is 0 Å². The maximum atomic E-state index is 5.11. The molecule has 42 valence electrons. The van der Waals surface area contributed by atoms with E-state index >= 15 is 0 Å². The normalized spacial score (nSPS) is 8.29. The van der Waals surface area contributed by atoms with Gasteiger partial charge in [0.05, 0.1) is 12.4 Å². The molecule has 2 heteroatoms. The van der Waals surface area contributed by atoms with Gasteiger partial charge in [-0.3, -0.25) is 0 Å². The molecule has 0 saturated heterocycles. The first-order chi connectivity index (χ1) is 3.27. The third kappa shape index (κ3) is 5.50. The van der Waals surface area contributed by atoms with Crippen LogP contribution in [0, 0.1) is 0 Å². The van der Waals surface area contributed by atoms with E-state index in [0.717, 1.165) is 5.76 Å². The van der Waals surface area contributed by atoms with Crippen LogP contribution in [0.1, 0.15) is 6.92 Å². The smallest absolute Gasteiger partial charge is 0.0999 e. The van der Waals surface area contributed by atoms with Crippen LogP contribution in [0.2, 0.25) is 0 Å². The Kier molecular flexibility index (Phi) is 3.42. The van der Waals surface area contributed by atoms with Crippen molar-refractivity contribution in [3.63, 3.8) is 0 Å². The molecule has 0 aliphatic heterocycles. The number of allylic oxidation sites excluding steroid dienone is 1.